The molecule has 0 radical (unpaired) electrons. The molecule has 27 heavy (non-hydrogen) atoms. The van der Waals surface area contributed by atoms with E-state index in [0.29, 0.717) is 16.2 Å². The van der Waals surface area contributed by atoms with Gasteiger partial charge in [-0.15, -0.1) is 11.3 Å². The van der Waals surface area contributed by atoms with Gasteiger partial charge < -0.3 is 14.7 Å². The maximum Gasteiger partial charge on any atom is 0.345 e. The normalized spacial score (nSPS) is 16.5. The number of carbonyl (C=O) groups is 2. The molecule has 1 aromatic carbocycles. The first-order valence-electron chi connectivity index (χ1n) is 7.71. The molecule has 2 amide bonds. The minimum Gasteiger partial charge on any atom is -0.497 e. The van der Waals surface area contributed by atoms with Gasteiger partial charge in [0.2, 0.25) is 0 Å². The summed E-state index contributed by atoms with van der Waals surface area (Å²) >= 11 is 0.974. The summed E-state index contributed by atoms with van der Waals surface area (Å²) in [4.78, 5) is 24.9. The molecular formula is C16H16N2O7S2. The Balaban J connectivity index is 2.03. The molecule has 144 valence electrons. The zero-order valence-corrected chi connectivity index (χ0v) is 15.7. The van der Waals surface area contributed by atoms with Crippen molar-refractivity contribution in [2.45, 2.75) is 23.2 Å². The minimum absolute atomic E-state index is 0.0128. The number of amides is 2. The molecule has 0 aliphatic carbocycles. The SMILES string of the molecule is COc1ccc(S(=O)(=O)C2Cc3cc(C(=O)O)sc3CN2C(=O)NO)cc1. The first-order chi connectivity index (χ1) is 12.8. The molecule has 0 saturated carbocycles. The van der Waals surface area contributed by atoms with E-state index in [-0.39, 0.29) is 22.7 Å². The van der Waals surface area contributed by atoms with Crippen molar-refractivity contribution >= 4 is 33.2 Å². The second-order valence-electron chi connectivity index (χ2n) is 5.79. The highest BCUT2D eigenvalue weighted by Gasteiger charge is 2.40. The third-order valence-corrected chi connectivity index (χ3v) is 7.48. The quantitative estimate of drug-likeness (QED) is 0.514. The Morgan fingerprint density at radius 1 is 1.30 bits per heavy atom. The van der Waals surface area contributed by atoms with Crippen LogP contribution in [0.5, 0.6) is 5.75 Å². The fourth-order valence-corrected chi connectivity index (χ4v) is 5.66. The van der Waals surface area contributed by atoms with Crippen LogP contribution in [-0.2, 0) is 22.8 Å². The number of rotatable bonds is 4. The molecule has 1 aliphatic heterocycles. The largest absolute Gasteiger partial charge is 0.497 e. The highest BCUT2D eigenvalue weighted by atomic mass is 32.2. The third-order valence-electron chi connectivity index (χ3n) is 4.27. The van der Waals surface area contributed by atoms with Crippen molar-refractivity contribution in [2.75, 3.05) is 7.11 Å². The predicted octanol–water partition coefficient (Wildman–Crippen LogP) is 1.71. The Morgan fingerprint density at radius 3 is 2.52 bits per heavy atom. The Labute approximate surface area is 158 Å². The molecule has 2 heterocycles. The molecule has 9 nitrogen and oxygen atoms in total. The summed E-state index contributed by atoms with van der Waals surface area (Å²) in [6.45, 7) is -0.125. The highest BCUT2D eigenvalue weighted by Crippen LogP contribution is 2.35. The number of carbonyl (C=O) groups excluding carboxylic acids is 1. The number of carboxylic acid groups (broad SMARTS) is 1. The number of hydrogen-bond acceptors (Lipinski definition) is 7. The lowest BCUT2D eigenvalue weighted by Gasteiger charge is -2.34. The van der Waals surface area contributed by atoms with Gasteiger partial charge in [-0.2, -0.15) is 0 Å². The van der Waals surface area contributed by atoms with Gasteiger partial charge in [-0.3, -0.25) is 5.21 Å². The van der Waals surface area contributed by atoms with Crippen LogP contribution in [-0.4, -0.2) is 48.1 Å². The molecule has 0 spiro atoms. The number of carboxylic acids is 1. The fraction of sp³-hybridized carbons (Fsp3) is 0.250. The van der Waals surface area contributed by atoms with E-state index in [9.17, 15) is 18.0 Å². The van der Waals surface area contributed by atoms with Gasteiger partial charge in [0.15, 0.2) is 9.84 Å². The van der Waals surface area contributed by atoms with E-state index in [2.05, 4.69) is 0 Å². The summed E-state index contributed by atoms with van der Waals surface area (Å²) in [7, 11) is -2.53. The van der Waals surface area contributed by atoms with Gasteiger partial charge in [-0.05, 0) is 35.9 Å². The molecule has 1 unspecified atom stereocenters. The van der Waals surface area contributed by atoms with Gasteiger partial charge in [0.1, 0.15) is 16.0 Å². The van der Waals surface area contributed by atoms with E-state index < -0.39 is 27.2 Å². The van der Waals surface area contributed by atoms with E-state index in [1.54, 1.807) is 0 Å². The van der Waals surface area contributed by atoms with Crippen LogP contribution in [0.15, 0.2) is 35.2 Å². The average Bonchev–Trinajstić information content (AvgIpc) is 3.10. The van der Waals surface area contributed by atoms with E-state index in [1.165, 1.54) is 42.9 Å². The summed E-state index contributed by atoms with van der Waals surface area (Å²) in [6, 6.07) is 6.17. The number of fused-ring (bicyclic) bond motifs is 1. The lowest BCUT2D eigenvalue weighted by molar-refractivity contribution is 0.0702. The van der Waals surface area contributed by atoms with Crippen LogP contribution in [0.25, 0.3) is 0 Å². The smallest absolute Gasteiger partial charge is 0.345 e. The van der Waals surface area contributed by atoms with E-state index in [4.69, 9.17) is 15.1 Å². The van der Waals surface area contributed by atoms with Crippen molar-refractivity contribution in [1.29, 1.82) is 0 Å². The molecule has 0 bridgehead atoms. The van der Waals surface area contributed by atoms with Crippen molar-refractivity contribution < 1.29 is 33.1 Å². The van der Waals surface area contributed by atoms with Crippen molar-refractivity contribution in [1.82, 2.24) is 10.4 Å². The average molecular weight is 412 g/mol. The monoisotopic (exact) mass is 412 g/mol. The summed E-state index contributed by atoms with van der Waals surface area (Å²) in [5.41, 5.74) is 2.01. The predicted molar refractivity (Wildman–Crippen MR) is 94.8 cm³/mol. The Hall–Kier alpha value is -2.63. The van der Waals surface area contributed by atoms with Crippen molar-refractivity contribution in [3.05, 3.63) is 45.6 Å². The summed E-state index contributed by atoms with van der Waals surface area (Å²) in [6.07, 6.45) is -0.0824. The first-order valence-corrected chi connectivity index (χ1v) is 10.1. The van der Waals surface area contributed by atoms with E-state index in [0.717, 1.165) is 16.2 Å². The van der Waals surface area contributed by atoms with Crippen LogP contribution < -0.4 is 10.2 Å². The molecule has 1 aliphatic rings. The number of urea groups is 1. The number of thiophene rings is 1. The second kappa shape index (κ2) is 7.18. The maximum atomic E-state index is 13.1. The number of hydrogen-bond donors (Lipinski definition) is 3. The highest BCUT2D eigenvalue weighted by molar-refractivity contribution is 7.92. The molecule has 11 heteroatoms. The summed E-state index contributed by atoms with van der Waals surface area (Å²) in [5.74, 6) is -0.643. The Bertz CT molecular complexity index is 983. The fourth-order valence-electron chi connectivity index (χ4n) is 2.90. The van der Waals surface area contributed by atoms with Gasteiger partial charge >= 0.3 is 12.0 Å². The summed E-state index contributed by atoms with van der Waals surface area (Å²) < 4.78 is 31.2. The molecule has 1 atom stereocenters. The number of nitrogens with one attached hydrogen (secondary N) is 1. The van der Waals surface area contributed by atoms with Gasteiger partial charge in [-0.1, -0.05) is 0 Å². The molecule has 0 fully saturated rings. The third kappa shape index (κ3) is 3.48. The van der Waals surface area contributed by atoms with Crippen LogP contribution in [0, 0.1) is 0 Å². The van der Waals surface area contributed by atoms with E-state index in [1.807, 2.05) is 0 Å². The van der Waals surface area contributed by atoms with Crippen LogP contribution in [0.1, 0.15) is 20.1 Å². The van der Waals surface area contributed by atoms with Crippen molar-refractivity contribution in [2.24, 2.45) is 0 Å². The lowest BCUT2D eigenvalue weighted by Crippen LogP contribution is -2.51. The maximum absolute atomic E-state index is 13.1. The Kier molecular flexibility index (Phi) is 5.09. The van der Waals surface area contributed by atoms with E-state index >= 15 is 0 Å². The zero-order valence-electron chi connectivity index (χ0n) is 14.1. The number of sulfone groups is 1. The number of nitrogens with zero attached hydrogens (tertiary/aromatic N) is 1. The minimum atomic E-state index is -3.99. The number of hydroxylamine groups is 1. The van der Waals surface area contributed by atoms with Crippen LogP contribution in [0.4, 0.5) is 4.79 Å². The standard InChI is InChI=1S/C16H16N2O7S2/c1-25-10-2-4-11(5-3-10)27(23,24)14-7-9-6-12(15(19)20)26-13(9)8-18(14)16(21)17-22/h2-6,14,22H,7-8H2,1H3,(H,17,21)(H,19,20). The van der Waals surface area contributed by atoms with Crippen LogP contribution in [0.3, 0.4) is 0 Å². The zero-order chi connectivity index (χ0) is 19.8. The van der Waals surface area contributed by atoms with Crippen LogP contribution in [0.2, 0.25) is 0 Å². The summed E-state index contributed by atoms with van der Waals surface area (Å²) in [5, 5.41) is 16.9. The number of ether oxygens (including phenoxy) is 1. The van der Waals surface area contributed by atoms with Gasteiger partial charge in [0.05, 0.1) is 18.6 Å². The number of methoxy groups -OCH3 is 1. The lowest BCUT2D eigenvalue weighted by atomic mass is 10.1. The van der Waals surface area contributed by atoms with Crippen molar-refractivity contribution in [3.63, 3.8) is 0 Å². The molecule has 1 aromatic heterocycles. The van der Waals surface area contributed by atoms with Gasteiger partial charge in [0, 0.05) is 11.3 Å². The van der Waals surface area contributed by atoms with Gasteiger partial charge in [-0.25, -0.2) is 23.5 Å². The Morgan fingerprint density at radius 2 is 1.96 bits per heavy atom. The topological polar surface area (TPSA) is 133 Å². The molecule has 2 aromatic rings. The molecule has 3 N–H and O–H groups in total. The van der Waals surface area contributed by atoms with Gasteiger partial charge in [0.25, 0.3) is 0 Å². The molecule has 0 saturated heterocycles. The second-order valence-corrected chi connectivity index (χ2v) is 9.03. The van der Waals surface area contributed by atoms with Crippen LogP contribution >= 0.6 is 11.3 Å². The molecular weight excluding hydrogens is 396 g/mol. The first kappa shape index (κ1) is 19.1. The molecule has 3 rings (SSSR count). The number of aromatic carboxylic acids is 1. The van der Waals surface area contributed by atoms with Crippen molar-refractivity contribution in [3.8, 4) is 5.75 Å². The number of benzene rings is 1.